The summed E-state index contributed by atoms with van der Waals surface area (Å²) in [7, 11) is 0. The number of unbranched alkanes of at least 4 members (excludes halogenated alkanes) is 1. The Labute approximate surface area is 55.8 Å². The molecule has 1 radical (unpaired) electrons. The molecule has 1 rings (SSSR count). The van der Waals surface area contributed by atoms with Crippen molar-refractivity contribution >= 4 is 0 Å². The first-order valence-electron chi connectivity index (χ1n) is 3.43. The van der Waals surface area contributed by atoms with Crippen LogP contribution in [0.4, 0.5) is 0 Å². The van der Waals surface area contributed by atoms with E-state index in [0.717, 1.165) is 25.9 Å². The zero-order chi connectivity index (χ0) is 6.69. The largest absolute Gasteiger partial charge is 0.390 e. The fraction of sp³-hybridized carbons (Fsp3) is 0.857. The van der Waals surface area contributed by atoms with E-state index < -0.39 is 0 Å². The minimum Gasteiger partial charge on any atom is -0.390 e. The predicted molar refractivity (Wildman–Crippen MR) is 35.0 cm³/mol. The van der Waals surface area contributed by atoms with Crippen LogP contribution in [0.3, 0.4) is 0 Å². The van der Waals surface area contributed by atoms with E-state index in [-0.39, 0.29) is 12.2 Å². The average Bonchev–Trinajstić information content (AvgIpc) is 2.63. The summed E-state index contributed by atoms with van der Waals surface area (Å²) in [6, 6.07) is 0. The Hall–Kier alpha value is -0.0800. The summed E-state index contributed by atoms with van der Waals surface area (Å²) in [5, 5.41) is 9.17. The number of epoxide rings is 1. The number of aliphatic hydroxyl groups excluding tert-OH is 1. The zero-order valence-corrected chi connectivity index (χ0v) is 5.55. The highest BCUT2D eigenvalue weighted by Gasteiger charge is 2.30. The maximum Gasteiger partial charge on any atom is 0.107 e. The molecule has 0 aromatic rings. The molecule has 1 heterocycles. The summed E-state index contributed by atoms with van der Waals surface area (Å²) < 4.78 is 4.90. The van der Waals surface area contributed by atoms with Crippen molar-refractivity contribution in [2.24, 2.45) is 0 Å². The molecule has 0 aliphatic carbocycles. The molecule has 0 saturated carbocycles. The van der Waals surface area contributed by atoms with E-state index in [0.29, 0.717) is 0 Å². The lowest BCUT2D eigenvalue weighted by Gasteiger charge is -2.03. The van der Waals surface area contributed by atoms with E-state index in [1.807, 2.05) is 0 Å². The van der Waals surface area contributed by atoms with E-state index >= 15 is 0 Å². The molecule has 2 atom stereocenters. The van der Waals surface area contributed by atoms with Crippen LogP contribution in [0.5, 0.6) is 0 Å². The van der Waals surface area contributed by atoms with E-state index in [2.05, 4.69) is 6.92 Å². The van der Waals surface area contributed by atoms with Crippen LogP contribution in [0, 0.1) is 6.92 Å². The van der Waals surface area contributed by atoms with Crippen LogP contribution in [-0.2, 0) is 4.74 Å². The summed E-state index contributed by atoms with van der Waals surface area (Å²) in [6.07, 6.45) is 2.67. The lowest BCUT2D eigenvalue weighted by atomic mass is 10.1. The van der Waals surface area contributed by atoms with Crippen LogP contribution in [0.2, 0.25) is 0 Å². The fourth-order valence-electron chi connectivity index (χ4n) is 0.817. The van der Waals surface area contributed by atoms with Crippen LogP contribution in [0.25, 0.3) is 0 Å². The third-order valence-corrected chi connectivity index (χ3v) is 1.54. The van der Waals surface area contributed by atoms with Gasteiger partial charge in [-0.25, -0.2) is 0 Å². The normalized spacial score (nSPS) is 28.0. The van der Waals surface area contributed by atoms with Crippen molar-refractivity contribution in [2.45, 2.75) is 31.5 Å². The first-order valence-corrected chi connectivity index (χ1v) is 3.43. The van der Waals surface area contributed by atoms with Crippen molar-refractivity contribution < 1.29 is 9.84 Å². The molecule has 1 N–H and O–H groups in total. The predicted octanol–water partition coefficient (Wildman–Crippen LogP) is 0.750. The molecule has 1 saturated heterocycles. The molecule has 0 aromatic heterocycles. The molecular formula is C7H13O2. The molecule has 0 amide bonds. The topological polar surface area (TPSA) is 32.8 Å². The van der Waals surface area contributed by atoms with Gasteiger partial charge in [-0.05, 0) is 6.42 Å². The molecule has 2 heteroatoms. The van der Waals surface area contributed by atoms with Crippen LogP contribution in [0.15, 0.2) is 0 Å². The van der Waals surface area contributed by atoms with Crippen molar-refractivity contribution in [2.75, 3.05) is 6.61 Å². The van der Waals surface area contributed by atoms with Crippen molar-refractivity contribution in [3.05, 3.63) is 6.92 Å². The van der Waals surface area contributed by atoms with Gasteiger partial charge in [-0.2, -0.15) is 0 Å². The Balaban J connectivity index is 1.96. The van der Waals surface area contributed by atoms with Gasteiger partial charge in [0.05, 0.1) is 12.7 Å². The Bertz CT molecular complexity index is 79.0. The minimum absolute atomic E-state index is 0.150. The van der Waals surface area contributed by atoms with Gasteiger partial charge in [0.25, 0.3) is 0 Å². The van der Waals surface area contributed by atoms with E-state index in [4.69, 9.17) is 9.84 Å². The summed E-state index contributed by atoms with van der Waals surface area (Å²) in [4.78, 5) is 0. The number of aliphatic hydroxyl groups is 1. The summed E-state index contributed by atoms with van der Waals surface area (Å²) >= 11 is 0. The molecular weight excluding hydrogens is 116 g/mol. The third-order valence-electron chi connectivity index (χ3n) is 1.54. The van der Waals surface area contributed by atoms with Crippen molar-refractivity contribution in [3.8, 4) is 0 Å². The van der Waals surface area contributed by atoms with E-state index in [1.165, 1.54) is 0 Å². The van der Waals surface area contributed by atoms with Crippen molar-refractivity contribution in [1.82, 2.24) is 0 Å². The van der Waals surface area contributed by atoms with Gasteiger partial charge in [-0.1, -0.05) is 19.8 Å². The van der Waals surface area contributed by atoms with Crippen molar-refractivity contribution in [1.29, 1.82) is 0 Å². The van der Waals surface area contributed by atoms with Gasteiger partial charge in [0, 0.05) is 0 Å². The molecule has 1 aliphatic heterocycles. The smallest absolute Gasteiger partial charge is 0.107 e. The Morgan fingerprint density at radius 1 is 1.78 bits per heavy atom. The Morgan fingerprint density at radius 3 is 2.89 bits per heavy atom. The quantitative estimate of drug-likeness (QED) is 0.568. The minimum atomic E-state index is -0.230. The second-order valence-electron chi connectivity index (χ2n) is 2.43. The van der Waals surface area contributed by atoms with Crippen LogP contribution < -0.4 is 0 Å². The molecule has 1 aliphatic rings. The highest BCUT2D eigenvalue weighted by atomic mass is 16.6. The highest BCUT2D eigenvalue weighted by Crippen LogP contribution is 2.17. The molecule has 0 bridgehead atoms. The molecule has 0 unspecified atom stereocenters. The summed E-state index contributed by atoms with van der Waals surface area (Å²) in [5.41, 5.74) is 0. The first-order chi connectivity index (χ1) is 4.34. The SMILES string of the molecule is [CH2]CCC[C@@H](O)[C@H]1CO1. The lowest BCUT2D eigenvalue weighted by molar-refractivity contribution is 0.124. The first kappa shape index (κ1) is 7.03. The van der Waals surface area contributed by atoms with E-state index in [1.54, 1.807) is 0 Å². The average molecular weight is 129 g/mol. The number of hydrogen-bond acceptors (Lipinski definition) is 2. The highest BCUT2D eigenvalue weighted by molar-refractivity contribution is 4.77. The maximum absolute atomic E-state index is 9.17. The van der Waals surface area contributed by atoms with Gasteiger partial charge >= 0.3 is 0 Å². The van der Waals surface area contributed by atoms with Gasteiger partial charge in [-0.15, -0.1) is 0 Å². The molecule has 2 nitrogen and oxygen atoms in total. The van der Waals surface area contributed by atoms with Gasteiger partial charge in [-0.3, -0.25) is 0 Å². The molecule has 53 valence electrons. The van der Waals surface area contributed by atoms with Gasteiger partial charge in [0.2, 0.25) is 0 Å². The zero-order valence-electron chi connectivity index (χ0n) is 5.55. The maximum atomic E-state index is 9.17. The standard InChI is InChI=1S/C7H13O2/c1-2-3-4-6(8)7-5-9-7/h6-8H,1-5H2/t6-,7-/m1/s1. The second-order valence-corrected chi connectivity index (χ2v) is 2.43. The monoisotopic (exact) mass is 129 g/mol. The van der Waals surface area contributed by atoms with Gasteiger partial charge < -0.3 is 9.84 Å². The Kier molecular flexibility index (Phi) is 2.49. The van der Waals surface area contributed by atoms with Crippen LogP contribution in [0.1, 0.15) is 19.3 Å². The third kappa shape index (κ3) is 2.33. The lowest BCUT2D eigenvalue weighted by Crippen LogP contribution is -2.13. The number of rotatable bonds is 4. The number of ether oxygens (including phenoxy) is 1. The van der Waals surface area contributed by atoms with Gasteiger partial charge in [0.15, 0.2) is 0 Å². The molecule has 0 spiro atoms. The molecule has 0 aromatic carbocycles. The summed E-state index contributed by atoms with van der Waals surface area (Å²) in [6.45, 7) is 4.43. The fourth-order valence-corrected chi connectivity index (χ4v) is 0.817. The summed E-state index contributed by atoms with van der Waals surface area (Å²) in [5.74, 6) is 0. The van der Waals surface area contributed by atoms with E-state index in [9.17, 15) is 0 Å². The Morgan fingerprint density at radius 2 is 2.44 bits per heavy atom. The van der Waals surface area contributed by atoms with Crippen LogP contribution >= 0.6 is 0 Å². The van der Waals surface area contributed by atoms with Crippen molar-refractivity contribution in [3.63, 3.8) is 0 Å². The molecule has 9 heavy (non-hydrogen) atoms. The van der Waals surface area contributed by atoms with Crippen LogP contribution in [-0.4, -0.2) is 23.9 Å². The number of hydrogen-bond donors (Lipinski definition) is 1. The van der Waals surface area contributed by atoms with Gasteiger partial charge in [0.1, 0.15) is 6.10 Å². The molecule has 1 fully saturated rings. The second kappa shape index (κ2) is 3.18.